The highest BCUT2D eigenvalue weighted by molar-refractivity contribution is 7.11. The molecule has 0 unspecified atom stereocenters. The molecule has 1 aromatic carbocycles. The first kappa shape index (κ1) is 21.0. The van der Waals surface area contributed by atoms with Gasteiger partial charge in [-0.15, -0.1) is 11.3 Å². The topological polar surface area (TPSA) is 39.6 Å². The summed E-state index contributed by atoms with van der Waals surface area (Å²) in [6.45, 7) is 6.36. The highest BCUT2D eigenvalue weighted by Gasteiger charge is 2.25. The SMILES string of the molecule is CCCc1ccc(CN2CCN(c3c(F)cccc3[C@H](O)c3ccccn3)CC2)s1. The summed E-state index contributed by atoms with van der Waals surface area (Å²) in [5.74, 6) is -0.293. The van der Waals surface area contributed by atoms with E-state index in [0.717, 1.165) is 39.1 Å². The van der Waals surface area contributed by atoms with E-state index in [4.69, 9.17) is 0 Å². The molecule has 4 rings (SSSR count). The molecule has 1 fully saturated rings. The van der Waals surface area contributed by atoms with E-state index in [9.17, 15) is 9.50 Å². The van der Waals surface area contributed by atoms with Crippen molar-refractivity contribution in [3.63, 3.8) is 0 Å². The number of piperazine rings is 1. The molecule has 1 aliphatic heterocycles. The van der Waals surface area contributed by atoms with Crippen molar-refractivity contribution >= 4 is 17.0 Å². The van der Waals surface area contributed by atoms with Gasteiger partial charge in [-0.25, -0.2) is 4.39 Å². The largest absolute Gasteiger partial charge is 0.382 e. The van der Waals surface area contributed by atoms with Crippen LogP contribution in [0.2, 0.25) is 0 Å². The smallest absolute Gasteiger partial charge is 0.146 e. The third-order valence-electron chi connectivity index (χ3n) is 5.56. The monoisotopic (exact) mass is 425 g/mol. The summed E-state index contributed by atoms with van der Waals surface area (Å²) in [7, 11) is 0. The number of aliphatic hydroxyl groups excluding tert-OH is 1. The summed E-state index contributed by atoms with van der Waals surface area (Å²) in [5.41, 5.74) is 1.60. The van der Waals surface area contributed by atoms with Crippen molar-refractivity contribution < 1.29 is 9.50 Å². The van der Waals surface area contributed by atoms with E-state index in [1.807, 2.05) is 17.4 Å². The fourth-order valence-corrected chi connectivity index (χ4v) is 5.18. The standard InChI is InChI=1S/C24H28FN3OS/c1-2-6-18-10-11-19(30-18)17-27-13-15-28(16-14-27)23-20(7-5-8-21(23)25)24(29)22-9-3-4-12-26-22/h3-5,7-12,24,29H,2,6,13-17H2,1H3/t24-/m0/s1. The van der Waals surface area contributed by atoms with Crippen LogP contribution in [-0.4, -0.2) is 41.2 Å². The molecule has 1 atom stereocenters. The van der Waals surface area contributed by atoms with Crippen molar-refractivity contribution in [1.82, 2.24) is 9.88 Å². The number of aliphatic hydroxyl groups is 1. The molecule has 0 radical (unpaired) electrons. The van der Waals surface area contributed by atoms with Crippen molar-refractivity contribution in [3.05, 3.63) is 81.6 Å². The van der Waals surface area contributed by atoms with E-state index >= 15 is 0 Å². The lowest BCUT2D eigenvalue weighted by molar-refractivity contribution is 0.213. The number of para-hydroxylation sites is 1. The number of hydrogen-bond acceptors (Lipinski definition) is 5. The van der Waals surface area contributed by atoms with Crippen LogP contribution in [0.4, 0.5) is 10.1 Å². The maximum atomic E-state index is 14.8. The molecule has 1 N–H and O–H groups in total. The zero-order chi connectivity index (χ0) is 20.9. The van der Waals surface area contributed by atoms with E-state index in [0.29, 0.717) is 16.9 Å². The Balaban J connectivity index is 1.45. The maximum Gasteiger partial charge on any atom is 0.146 e. The highest BCUT2D eigenvalue weighted by atomic mass is 32.1. The maximum absolute atomic E-state index is 14.8. The zero-order valence-electron chi connectivity index (χ0n) is 17.3. The second kappa shape index (κ2) is 9.69. The Kier molecular flexibility index (Phi) is 6.77. The van der Waals surface area contributed by atoms with Crippen LogP contribution in [0.1, 0.15) is 40.5 Å². The second-order valence-corrected chi connectivity index (χ2v) is 8.97. The number of pyridine rings is 1. The predicted octanol–water partition coefficient (Wildman–Crippen LogP) is 4.64. The van der Waals surface area contributed by atoms with Gasteiger partial charge in [0.25, 0.3) is 0 Å². The first-order valence-electron chi connectivity index (χ1n) is 10.6. The average Bonchev–Trinajstić information content (AvgIpc) is 3.21. The van der Waals surface area contributed by atoms with E-state index in [2.05, 4.69) is 33.8 Å². The molecule has 4 nitrogen and oxygen atoms in total. The lowest BCUT2D eigenvalue weighted by Crippen LogP contribution is -2.46. The third-order valence-corrected chi connectivity index (χ3v) is 6.69. The minimum absolute atomic E-state index is 0.293. The number of halogens is 1. The van der Waals surface area contributed by atoms with Gasteiger partial charge >= 0.3 is 0 Å². The molecule has 30 heavy (non-hydrogen) atoms. The normalized spacial score (nSPS) is 16.0. The first-order chi connectivity index (χ1) is 14.7. The summed E-state index contributed by atoms with van der Waals surface area (Å²) >= 11 is 1.90. The number of nitrogens with zero attached hydrogens (tertiary/aromatic N) is 3. The first-order valence-corrected chi connectivity index (χ1v) is 11.4. The Morgan fingerprint density at radius 1 is 1.03 bits per heavy atom. The van der Waals surface area contributed by atoms with Crippen molar-refractivity contribution in [2.45, 2.75) is 32.4 Å². The second-order valence-electron chi connectivity index (χ2n) is 7.72. The Morgan fingerprint density at radius 3 is 2.57 bits per heavy atom. The summed E-state index contributed by atoms with van der Waals surface area (Å²) in [4.78, 5) is 11.6. The number of hydrogen-bond donors (Lipinski definition) is 1. The Labute approximate surface area is 181 Å². The minimum Gasteiger partial charge on any atom is -0.382 e. The van der Waals surface area contributed by atoms with Crippen LogP contribution in [-0.2, 0) is 13.0 Å². The summed E-state index contributed by atoms with van der Waals surface area (Å²) in [6.07, 6.45) is 3.02. The van der Waals surface area contributed by atoms with Gasteiger partial charge in [-0.3, -0.25) is 9.88 Å². The van der Waals surface area contributed by atoms with E-state index in [1.165, 1.54) is 22.2 Å². The molecule has 3 heterocycles. The van der Waals surface area contributed by atoms with Crippen LogP contribution in [0.5, 0.6) is 0 Å². The summed E-state index contributed by atoms with van der Waals surface area (Å²) < 4.78 is 14.8. The fourth-order valence-electron chi connectivity index (χ4n) is 4.02. The zero-order valence-corrected chi connectivity index (χ0v) is 18.1. The lowest BCUT2D eigenvalue weighted by Gasteiger charge is -2.37. The van der Waals surface area contributed by atoms with Gasteiger partial charge in [0.15, 0.2) is 0 Å². The molecule has 0 aliphatic carbocycles. The average molecular weight is 426 g/mol. The quantitative estimate of drug-likeness (QED) is 0.599. The molecule has 0 bridgehead atoms. The van der Waals surface area contributed by atoms with Crippen molar-refractivity contribution in [2.75, 3.05) is 31.1 Å². The molecule has 3 aromatic rings. The molecular formula is C24H28FN3OS. The van der Waals surface area contributed by atoms with Gasteiger partial charge in [0, 0.05) is 54.2 Å². The number of anilines is 1. The highest BCUT2D eigenvalue weighted by Crippen LogP contribution is 2.33. The lowest BCUT2D eigenvalue weighted by atomic mass is 10.0. The molecule has 0 amide bonds. The predicted molar refractivity (Wildman–Crippen MR) is 121 cm³/mol. The Bertz CT molecular complexity index is 954. The number of benzene rings is 1. The molecule has 1 aliphatic rings. The van der Waals surface area contributed by atoms with E-state index in [1.54, 1.807) is 30.5 Å². The van der Waals surface area contributed by atoms with Gasteiger partial charge in [-0.1, -0.05) is 31.5 Å². The van der Waals surface area contributed by atoms with Gasteiger partial charge in [0.2, 0.25) is 0 Å². The minimum atomic E-state index is -0.946. The van der Waals surface area contributed by atoms with Crippen LogP contribution in [0.3, 0.4) is 0 Å². The molecular weight excluding hydrogens is 397 g/mol. The summed E-state index contributed by atoms with van der Waals surface area (Å²) in [6, 6.07) is 14.8. The van der Waals surface area contributed by atoms with Gasteiger partial charge in [0.05, 0.1) is 11.4 Å². The van der Waals surface area contributed by atoms with Crippen molar-refractivity contribution in [3.8, 4) is 0 Å². The van der Waals surface area contributed by atoms with Crippen molar-refractivity contribution in [2.24, 2.45) is 0 Å². The number of aryl methyl sites for hydroxylation is 1. The van der Waals surface area contributed by atoms with E-state index in [-0.39, 0.29) is 5.82 Å². The number of aromatic nitrogens is 1. The van der Waals surface area contributed by atoms with Crippen LogP contribution >= 0.6 is 11.3 Å². The number of rotatable bonds is 7. The molecule has 158 valence electrons. The molecule has 1 saturated heterocycles. The van der Waals surface area contributed by atoms with Gasteiger partial charge in [0.1, 0.15) is 11.9 Å². The van der Waals surface area contributed by atoms with Crippen molar-refractivity contribution in [1.29, 1.82) is 0 Å². The third kappa shape index (κ3) is 4.72. The fraction of sp³-hybridized carbons (Fsp3) is 0.375. The van der Waals surface area contributed by atoms with E-state index < -0.39 is 6.10 Å². The van der Waals surface area contributed by atoms with Crippen LogP contribution in [0.15, 0.2) is 54.7 Å². The van der Waals surface area contributed by atoms with Gasteiger partial charge in [-0.05, 0) is 36.8 Å². The van der Waals surface area contributed by atoms with Gasteiger partial charge < -0.3 is 10.0 Å². The summed E-state index contributed by atoms with van der Waals surface area (Å²) in [5, 5.41) is 10.9. The van der Waals surface area contributed by atoms with Crippen LogP contribution in [0, 0.1) is 5.82 Å². The Hall–Kier alpha value is -2.28. The van der Waals surface area contributed by atoms with Gasteiger partial charge in [-0.2, -0.15) is 0 Å². The van der Waals surface area contributed by atoms with Crippen LogP contribution < -0.4 is 4.90 Å². The molecule has 0 saturated carbocycles. The van der Waals surface area contributed by atoms with Crippen LogP contribution in [0.25, 0.3) is 0 Å². The Morgan fingerprint density at radius 2 is 1.83 bits per heavy atom. The molecule has 0 spiro atoms. The molecule has 6 heteroatoms. The molecule has 2 aromatic heterocycles. The number of thiophene rings is 1.